The Morgan fingerprint density at radius 2 is 0.875 bits per heavy atom. The number of phenols is 5. The summed E-state index contributed by atoms with van der Waals surface area (Å²) in [5, 5.41) is 64.0. The molecule has 0 heterocycles. The van der Waals surface area contributed by atoms with Crippen LogP contribution in [0.15, 0.2) is 86.2 Å². The van der Waals surface area contributed by atoms with E-state index in [-0.39, 0.29) is 124 Å². The molecule has 0 amide bonds. The molecule has 0 atom stereocenters. The van der Waals surface area contributed by atoms with Crippen LogP contribution in [0.5, 0.6) is 34.5 Å². The summed E-state index contributed by atoms with van der Waals surface area (Å²) in [6.45, 7) is 0. The van der Waals surface area contributed by atoms with Crippen LogP contribution in [-0.2, 0) is 0 Å². The Labute approximate surface area is 482 Å². The average molecular weight is 1370 g/mol. The highest BCUT2D eigenvalue weighted by molar-refractivity contribution is 9.11. The van der Waals surface area contributed by atoms with E-state index < -0.39 is 17.7 Å². The molecule has 0 aromatic heterocycles. The standard InChI is InChI=1S/C8H6Cl2O3.C7H3BrCl2O2.C7H4BrClO2.C7H5BrO2.C7H4Cl2O3.C7H4Cl2O2.3CH4/c1-13-7-5(10)3-2-4(9)6(7)8(11)12;8-4-1-5(9)7(12)3(2-11)6(4)10;8-5-1-4(3-10)7(11)6(9)2-5;8-6-1-2-7(10)5(3-6)4-9;8-3-1-2-4(9)6(10)5(3)7(11)12;8-5-1-2-6(9)7(11)4(5)3-10;;;/h2-3H,1H3,(H,11,12);1-2,12H;1-3,11H;1-4,10H;1-2,10H,(H,11,12);1-3,11H;3*1H4. The minimum Gasteiger partial charge on any atom is -0.507 e. The van der Waals surface area contributed by atoms with Gasteiger partial charge in [0.2, 0.25) is 0 Å². The van der Waals surface area contributed by atoms with Crippen LogP contribution in [0.25, 0.3) is 0 Å². The van der Waals surface area contributed by atoms with Gasteiger partial charge in [0.15, 0.2) is 30.9 Å². The number of halogens is 12. The number of carboxylic acids is 2. The van der Waals surface area contributed by atoms with Crippen molar-refractivity contribution in [3.63, 3.8) is 0 Å². The highest BCUT2D eigenvalue weighted by atomic mass is 79.9. The van der Waals surface area contributed by atoms with Crippen LogP contribution in [-0.4, -0.2) is 79.9 Å². The van der Waals surface area contributed by atoms with E-state index in [0.717, 1.165) is 4.47 Å². The molecule has 0 radical (unpaired) electrons. The molecule has 72 heavy (non-hydrogen) atoms. The summed E-state index contributed by atoms with van der Waals surface area (Å²) in [4.78, 5) is 62.4. The van der Waals surface area contributed by atoms with Gasteiger partial charge < -0.3 is 40.5 Å². The number of carbonyl (C=O) groups excluding carboxylic acids is 4. The zero-order valence-corrected chi connectivity index (χ0v) is 45.3. The summed E-state index contributed by atoms with van der Waals surface area (Å²) in [7, 11) is 1.34. The number of aldehydes is 4. The fourth-order valence-electron chi connectivity index (χ4n) is 4.35. The zero-order valence-electron chi connectivity index (χ0n) is 33.8. The third-order valence-electron chi connectivity index (χ3n) is 7.60. The largest absolute Gasteiger partial charge is 0.507 e. The molecule has 6 rings (SSSR count). The molecule has 6 aromatic rings. The molecule has 390 valence electrons. The molecule has 6 aromatic carbocycles. The normalized spacial score (nSPS) is 9.29. The van der Waals surface area contributed by atoms with E-state index in [4.69, 9.17) is 140 Å². The Morgan fingerprint density at radius 3 is 1.29 bits per heavy atom. The van der Waals surface area contributed by atoms with Crippen LogP contribution < -0.4 is 4.74 Å². The summed E-state index contributed by atoms with van der Waals surface area (Å²) in [6.07, 6.45) is 2.07. The van der Waals surface area contributed by atoms with Gasteiger partial charge in [0.1, 0.15) is 39.9 Å². The van der Waals surface area contributed by atoms with Crippen LogP contribution >= 0.6 is 152 Å². The van der Waals surface area contributed by atoms with Gasteiger partial charge >= 0.3 is 11.9 Å². The molecule has 0 saturated heterocycles. The van der Waals surface area contributed by atoms with Gasteiger partial charge in [-0.3, -0.25) is 19.2 Å². The van der Waals surface area contributed by atoms with Gasteiger partial charge in [0, 0.05) is 13.4 Å². The van der Waals surface area contributed by atoms with Crippen molar-refractivity contribution in [2.24, 2.45) is 0 Å². The molecule has 0 fully saturated rings. The molecule has 26 heteroatoms. The van der Waals surface area contributed by atoms with Gasteiger partial charge in [-0.05, 0) is 88.7 Å². The second-order valence-electron chi connectivity index (χ2n) is 12.0. The lowest BCUT2D eigenvalue weighted by Gasteiger charge is -2.07. The summed E-state index contributed by atoms with van der Waals surface area (Å²) < 4.78 is 6.76. The minimum absolute atomic E-state index is 0. The molecule has 0 aliphatic carbocycles. The Kier molecular flexibility index (Phi) is 35.1. The molecule has 0 unspecified atom stereocenters. The number of methoxy groups -OCH3 is 1. The summed E-state index contributed by atoms with van der Waals surface area (Å²) in [5.41, 5.74) is 0.0230. The minimum atomic E-state index is -1.31. The van der Waals surface area contributed by atoms with Crippen molar-refractivity contribution in [2.45, 2.75) is 22.3 Å². The first-order valence-electron chi connectivity index (χ1n) is 17.4. The summed E-state index contributed by atoms with van der Waals surface area (Å²) >= 11 is 59.5. The number of hydrogen-bond acceptors (Lipinski definition) is 12. The van der Waals surface area contributed by atoms with Crippen molar-refractivity contribution in [1.29, 1.82) is 0 Å². The molecule has 0 saturated carbocycles. The molecule has 14 nitrogen and oxygen atoms in total. The number of rotatable bonds is 7. The fraction of sp³-hybridized carbons (Fsp3) is 0.0870. The molecular formula is C46H38Br3Cl9O14. The molecule has 0 bridgehead atoms. The molecule has 7 N–H and O–H groups in total. The Balaban J connectivity index is -0.000000788. The quantitative estimate of drug-likeness (QED) is 0.0580. The van der Waals surface area contributed by atoms with E-state index in [1.165, 1.54) is 67.8 Å². The van der Waals surface area contributed by atoms with Gasteiger partial charge in [-0.25, -0.2) is 9.59 Å². The summed E-state index contributed by atoms with van der Waals surface area (Å²) in [5.74, 6) is -3.61. The highest BCUT2D eigenvalue weighted by Crippen LogP contribution is 2.38. The first-order chi connectivity index (χ1) is 32.2. The van der Waals surface area contributed by atoms with Crippen LogP contribution in [0.4, 0.5) is 0 Å². The van der Waals surface area contributed by atoms with E-state index in [1.807, 2.05) is 0 Å². The van der Waals surface area contributed by atoms with Crippen molar-refractivity contribution < 1.29 is 69.2 Å². The SMILES string of the molecule is C.C.C.COc1c(Cl)ccc(Cl)c1C(=O)O.O=C(O)c1c(Cl)ccc(Cl)c1O.O=Cc1c(Cl)ccc(Cl)c1O.O=Cc1c(O)c(Cl)cc(Br)c1Cl.O=Cc1cc(Br)cc(Cl)c1O.O=Cc1cc(Br)ccc1O. The second-order valence-corrected chi connectivity index (χ2v) is 18.3. The van der Waals surface area contributed by atoms with Crippen LogP contribution in [0.1, 0.15) is 84.4 Å². The molecular weight excluding hydrogens is 1340 g/mol. The number of aromatic hydroxyl groups is 5. The fourth-order valence-corrected chi connectivity index (χ4v) is 7.76. The van der Waals surface area contributed by atoms with Crippen molar-refractivity contribution in [1.82, 2.24) is 0 Å². The number of hydrogen-bond donors (Lipinski definition) is 7. The smallest absolute Gasteiger partial charge is 0.341 e. The molecule has 0 spiro atoms. The lowest BCUT2D eigenvalue weighted by Crippen LogP contribution is -2.01. The van der Waals surface area contributed by atoms with Crippen molar-refractivity contribution >= 4 is 189 Å². The maximum absolute atomic E-state index is 10.7. The van der Waals surface area contributed by atoms with E-state index in [0.29, 0.717) is 39.7 Å². The zero-order chi connectivity index (χ0) is 53.0. The van der Waals surface area contributed by atoms with Gasteiger partial charge in [-0.1, -0.05) is 159 Å². The second kappa shape index (κ2) is 35.1. The van der Waals surface area contributed by atoms with E-state index in [1.54, 1.807) is 12.1 Å². The molecule has 0 aliphatic heterocycles. The van der Waals surface area contributed by atoms with E-state index in [9.17, 15) is 33.9 Å². The maximum atomic E-state index is 10.7. The average Bonchev–Trinajstić information content (AvgIpc) is 3.29. The van der Waals surface area contributed by atoms with E-state index >= 15 is 0 Å². The topological polar surface area (TPSA) is 253 Å². The Bertz CT molecular complexity index is 2850. The number of carbonyl (C=O) groups is 6. The van der Waals surface area contributed by atoms with Crippen LogP contribution in [0.2, 0.25) is 45.2 Å². The van der Waals surface area contributed by atoms with Crippen LogP contribution in [0, 0.1) is 0 Å². The Morgan fingerprint density at radius 1 is 0.458 bits per heavy atom. The predicted octanol–water partition coefficient (Wildman–Crippen LogP) is 17.4. The number of carboxylic acid groups (broad SMARTS) is 2. The maximum Gasteiger partial charge on any atom is 0.341 e. The van der Waals surface area contributed by atoms with Crippen molar-refractivity contribution in [3.8, 4) is 34.5 Å². The summed E-state index contributed by atoms with van der Waals surface area (Å²) in [6, 6.07) is 17.5. The van der Waals surface area contributed by atoms with Gasteiger partial charge in [0.05, 0.1) is 74.6 Å². The molecule has 0 aliphatic rings. The Hall–Kier alpha value is -4.21. The van der Waals surface area contributed by atoms with Gasteiger partial charge in [-0.15, -0.1) is 0 Å². The predicted molar refractivity (Wildman–Crippen MR) is 297 cm³/mol. The number of aromatic carboxylic acids is 2. The monoisotopic (exact) mass is 1370 g/mol. The first kappa shape index (κ1) is 72.0. The number of phenolic OH excluding ortho intramolecular Hbond substituents is 4. The van der Waals surface area contributed by atoms with Crippen molar-refractivity contribution in [3.05, 3.63) is 165 Å². The van der Waals surface area contributed by atoms with Crippen molar-refractivity contribution in [2.75, 3.05) is 7.11 Å². The van der Waals surface area contributed by atoms with Gasteiger partial charge in [0.25, 0.3) is 0 Å². The van der Waals surface area contributed by atoms with Crippen LogP contribution in [0.3, 0.4) is 0 Å². The number of ether oxygens (including phenoxy) is 1. The lowest BCUT2D eigenvalue weighted by atomic mass is 10.2. The van der Waals surface area contributed by atoms with E-state index in [2.05, 4.69) is 47.8 Å². The highest BCUT2D eigenvalue weighted by Gasteiger charge is 2.19. The first-order valence-corrected chi connectivity index (χ1v) is 23.2. The number of benzene rings is 6. The lowest BCUT2D eigenvalue weighted by molar-refractivity contribution is 0.0682. The van der Waals surface area contributed by atoms with Gasteiger partial charge in [-0.2, -0.15) is 0 Å². The third kappa shape index (κ3) is 21.3. The third-order valence-corrected chi connectivity index (χ3v) is 12.3.